The first kappa shape index (κ1) is 18.9. The van der Waals surface area contributed by atoms with Crippen molar-refractivity contribution in [3.05, 3.63) is 104 Å². The summed E-state index contributed by atoms with van der Waals surface area (Å²) in [6, 6.07) is 22.0. The number of fused-ring (bicyclic) bond motifs is 3. The zero-order valence-electron chi connectivity index (χ0n) is 16.1. The lowest BCUT2D eigenvalue weighted by atomic mass is 10.1. The molecular weight excluding hydrogens is 415 g/mol. The number of halogens is 1. The summed E-state index contributed by atoms with van der Waals surface area (Å²) in [6.45, 7) is 2.43. The smallest absolute Gasteiger partial charge is 0.261 e. The number of rotatable bonds is 3. The summed E-state index contributed by atoms with van der Waals surface area (Å²) in [4.78, 5) is 14.3. The van der Waals surface area contributed by atoms with Crippen LogP contribution in [0.5, 0.6) is 0 Å². The van der Waals surface area contributed by atoms with Gasteiger partial charge in [0.1, 0.15) is 11.5 Å². The fourth-order valence-electron chi connectivity index (χ4n) is 3.87. The topological polar surface area (TPSA) is 26.4 Å². The van der Waals surface area contributed by atoms with Crippen molar-refractivity contribution in [3.63, 3.8) is 0 Å². The van der Waals surface area contributed by atoms with Crippen molar-refractivity contribution in [1.29, 1.82) is 0 Å². The Morgan fingerprint density at radius 1 is 1.00 bits per heavy atom. The quantitative estimate of drug-likeness (QED) is 0.317. The summed E-state index contributed by atoms with van der Waals surface area (Å²) < 4.78 is 18.3. The molecule has 0 saturated carbocycles. The standard InChI is InChI=1S/C24H17FN2OS2/c1-15-6-4-7-16(12-15)14-26-22-21(17-8-5-9-18(25)13-17)30-24(29)27(22)20-11-3-2-10-19(20)23(26)28/h2-13H,14H2,1H3. The van der Waals surface area contributed by atoms with Crippen LogP contribution in [-0.4, -0.2) is 8.97 Å². The van der Waals surface area contributed by atoms with Crippen molar-refractivity contribution >= 4 is 40.1 Å². The molecule has 0 aliphatic rings. The van der Waals surface area contributed by atoms with Crippen molar-refractivity contribution in [1.82, 2.24) is 8.97 Å². The third-order valence-corrected chi connectivity index (χ3v) is 6.59. The average molecular weight is 433 g/mol. The Morgan fingerprint density at radius 3 is 2.60 bits per heavy atom. The fraction of sp³-hybridized carbons (Fsp3) is 0.0833. The van der Waals surface area contributed by atoms with Gasteiger partial charge in [-0.3, -0.25) is 13.8 Å². The van der Waals surface area contributed by atoms with Crippen LogP contribution in [0.15, 0.2) is 77.6 Å². The summed E-state index contributed by atoms with van der Waals surface area (Å²) in [5.74, 6) is -0.321. The van der Waals surface area contributed by atoms with Gasteiger partial charge in [0.25, 0.3) is 5.56 Å². The third-order valence-electron chi connectivity index (χ3n) is 5.17. The first-order chi connectivity index (χ1) is 14.5. The monoisotopic (exact) mass is 432 g/mol. The van der Waals surface area contributed by atoms with Gasteiger partial charge in [0, 0.05) is 0 Å². The van der Waals surface area contributed by atoms with Crippen molar-refractivity contribution in [3.8, 4) is 10.4 Å². The second-order valence-electron chi connectivity index (χ2n) is 7.26. The second kappa shape index (κ2) is 7.31. The number of benzene rings is 3. The molecule has 0 fully saturated rings. The fourth-order valence-corrected chi connectivity index (χ4v) is 5.29. The van der Waals surface area contributed by atoms with Gasteiger partial charge in [0.05, 0.1) is 22.3 Å². The highest BCUT2D eigenvalue weighted by Gasteiger charge is 2.18. The Morgan fingerprint density at radius 2 is 1.80 bits per heavy atom. The first-order valence-electron chi connectivity index (χ1n) is 9.51. The highest BCUT2D eigenvalue weighted by Crippen LogP contribution is 2.33. The molecule has 0 aliphatic heterocycles. The van der Waals surface area contributed by atoms with Crippen molar-refractivity contribution < 1.29 is 4.39 Å². The summed E-state index contributed by atoms with van der Waals surface area (Å²) in [5.41, 5.74) is 4.24. The molecule has 5 rings (SSSR count). The Labute approximate surface area is 181 Å². The van der Waals surface area contributed by atoms with Crippen molar-refractivity contribution in [2.45, 2.75) is 13.5 Å². The number of aromatic nitrogens is 2. The molecule has 2 heterocycles. The number of para-hydroxylation sites is 1. The summed E-state index contributed by atoms with van der Waals surface area (Å²) in [5, 5.41) is 0.609. The van der Waals surface area contributed by atoms with Crippen LogP contribution in [0.4, 0.5) is 4.39 Å². The van der Waals surface area contributed by atoms with Gasteiger partial charge in [-0.1, -0.05) is 54.1 Å². The lowest BCUT2D eigenvalue weighted by Crippen LogP contribution is -2.23. The average Bonchev–Trinajstić information content (AvgIpc) is 3.08. The first-order valence-corrected chi connectivity index (χ1v) is 10.7. The Kier molecular flexibility index (Phi) is 4.60. The van der Waals surface area contributed by atoms with Gasteiger partial charge in [0.2, 0.25) is 0 Å². The minimum Gasteiger partial charge on any atom is -0.288 e. The maximum atomic E-state index is 14.0. The molecule has 0 unspecified atom stereocenters. The van der Waals surface area contributed by atoms with E-state index in [1.165, 1.54) is 23.5 Å². The van der Waals surface area contributed by atoms with E-state index in [9.17, 15) is 9.18 Å². The molecule has 0 atom stereocenters. The van der Waals surface area contributed by atoms with Crippen LogP contribution in [-0.2, 0) is 6.54 Å². The molecule has 3 aromatic carbocycles. The van der Waals surface area contributed by atoms with E-state index in [0.717, 1.165) is 21.5 Å². The molecule has 6 heteroatoms. The molecule has 0 spiro atoms. The van der Waals surface area contributed by atoms with E-state index < -0.39 is 0 Å². The molecule has 30 heavy (non-hydrogen) atoms. The van der Waals surface area contributed by atoms with E-state index in [1.807, 2.05) is 59.9 Å². The Balaban J connectivity index is 1.92. The molecule has 0 bridgehead atoms. The number of hydrogen-bond acceptors (Lipinski definition) is 3. The number of aryl methyl sites for hydroxylation is 1. The molecule has 3 nitrogen and oxygen atoms in total. The summed E-state index contributed by atoms with van der Waals surface area (Å²) in [6.07, 6.45) is 0. The molecule has 148 valence electrons. The van der Waals surface area contributed by atoms with Crippen LogP contribution < -0.4 is 5.56 Å². The number of nitrogens with zero attached hydrogens (tertiary/aromatic N) is 2. The molecule has 0 N–H and O–H groups in total. The van der Waals surface area contributed by atoms with Crippen LogP contribution in [0.2, 0.25) is 0 Å². The Bertz CT molecular complexity index is 1540. The lowest BCUT2D eigenvalue weighted by molar-refractivity contribution is 0.628. The highest BCUT2D eigenvalue weighted by molar-refractivity contribution is 7.73. The zero-order valence-corrected chi connectivity index (χ0v) is 17.8. The zero-order chi connectivity index (χ0) is 20.8. The van der Waals surface area contributed by atoms with Gasteiger partial charge in [0.15, 0.2) is 3.95 Å². The predicted molar refractivity (Wildman–Crippen MR) is 124 cm³/mol. The van der Waals surface area contributed by atoms with E-state index in [2.05, 4.69) is 6.07 Å². The molecule has 0 amide bonds. The van der Waals surface area contributed by atoms with Gasteiger partial charge >= 0.3 is 0 Å². The molecule has 2 aromatic heterocycles. The van der Waals surface area contributed by atoms with Gasteiger partial charge in [-0.05, 0) is 54.5 Å². The number of thiazole rings is 1. The van der Waals surface area contributed by atoms with Crippen LogP contribution in [0.1, 0.15) is 11.1 Å². The van der Waals surface area contributed by atoms with Gasteiger partial charge < -0.3 is 0 Å². The predicted octanol–water partition coefficient (Wildman–Crippen LogP) is 6.21. The summed E-state index contributed by atoms with van der Waals surface area (Å²) in [7, 11) is 0. The van der Waals surface area contributed by atoms with E-state index in [1.54, 1.807) is 10.6 Å². The highest BCUT2D eigenvalue weighted by atomic mass is 32.1. The molecule has 0 radical (unpaired) electrons. The normalized spacial score (nSPS) is 11.4. The van der Waals surface area contributed by atoms with Gasteiger partial charge in [-0.25, -0.2) is 4.39 Å². The van der Waals surface area contributed by atoms with Crippen LogP contribution in [0.25, 0.3) is 27.0 Å². The maximum absolute atomic E-state index is 14.0. The third kappa shape index (κ3) is 3.09. The minimum absolute atomic E-state index is 0.0856. The minimum atomic E-state index is -0.321. The molecule has 0 aliphatic carbocycles. The van der Waals surface area contributed by atoms with Gasteiger partial charge in [-0.2, -0.15) is 0 Å². The largest absolute Gasteiger partial charge is 0.288 e. The SMILES string of the molecule is Cc1cccc(Cn2c(=O)c3ccccc3n3c(=S)sc(-c4cccc(F)c4)c23)c1. The van der Waals surface area contributed by atoms with E-state index in [4.69, 9.17) is 12.2 Å². The summed E-state index contributed by atoms with van der Waals surface area (Å²) >= 11 is 7.09. The van der Waals surface area contributed by atoms with Crippen LogP contribution in [0, 0.1) is 16.7 Å². The molecular formula is C24H17FN2OS2. The van der Waals surface area contributed by atoms with Crippen LogP contribution >= 0.6 is 23.6 Å². The van der Waals surface area contributed by atoms with E-state index in [0.29, 0.717) is 27.1 Å². The van der Waals surface area contributed by atoms with Gasteiger partial charge in [-0.15, -0.1) is 11.3 Å². The van der Waals surface area contributed by atoms with Crippen molar-refractivity contribution in [2.24, 2.45) is 0 Å². The number of hydrogen-bond donors (Lipinski definition) is 0. The second-order valence-corrected chi connectivity index (χ2v) is 8.91. The molecule has 5 aromatic rings. The van der Waals surface area contributed by atoms with E-state index >= 15 is 0 Å². The molecule has 0 saturated heterocycles. The maximum Gasteiger partial charge on any atom is 0.261 e. The van der Waals surface area contributed by atoms with Crippen LogP contribution in [0.3, 0.4) is 0 Å². The Hall–Kier alpha value is -3.09. The van der Waals surface area contributed by atoms with Crippen molar-refractivity contribution in [2.75, 3.05) is 0 Å². The van der Waals surface area contributed by atoms with E-state index in [-0.39, 0.29) is 11.4 Å². The lowest BCUT2D eigenvalue weighted by Gasteiger charge is -2.14.